The average molecular weight is 489 g/mol. The molecule has 1 aromatic carbocycles. The molecule has 3 aliphatic heterocycles. The van der Waals surface area contributed by atoms with Crippen LogP contribution in [0, 0.1) is 5.41 Å². The number of hydrogen-bond donors (Lipinski definition) is 1. The van der Waals surface area contributed by atoms with E-state index in [1.807, 2.05) is 42.1 Å². The van der Waals surface area contributed by atoms with Gasteiger partial charge in [-0.15, -0.1) is 0 Å². The lowest BCUT2D eigenvalue weighted by atomic mass is 10.1. The number of benzene rings is 1. The molecule has 1 fully saturated rings. The molecule has 2 amide bonds. The SMILES string of the molecule is CN(C)c1ccc(C=C2C(=N)N3N=C(CC(=O)N4CCCC4)SC3=NC2=O)cc1Br. The van der Waals surface area contributed by atoms with Crippen LogP contribution >= 0.6 is 27.7 Å². The molecule has 0 aromatic heterocycles. The number of nitrogens with one attached hydrogen (secondary N) is 1. The number of aliphatic imine (C=N–C) groups is 1. The molecule has 0 saturated carbocycles. The van der Waals surface area contributed by atoms with E-state index in [2.05, 4.69) is 26.0 Å². The lowest BCUT2D eigenvalue weighted by molar-refractivity contribution is -0.128. The van der Waals surface area contributed by atoms with Crippen molar-refractivity contribution in [2.45, 2.75) is 19.3 Å². The second-order valence-corrected chi connectivity index (χ2v) is 9.28. The van der Waals surface area contributed by atoms with Crippen molar-refractivity contribution >= 4 is 67.3 Å². The summed E-state index contributed by atoms with van der Waals surface area (Å²) in [5.74, 6) is -0.485. The molecule has 1 saturated heterocycles. The number of rotatable bonds is 4. The minimum atomic E-state index is -0.478. The Bertz CT molecular complexity index is 1030. The largest absolute Gasteiger partial charge is 0.377 e. The maximum atomic E-state index is 12.6. The lowest BCUT2D eigenvalue weighted by Gasteiger charge is -2.20. The summed E-state index contributed by atoms with van der Waals surface area (Å²) in [6, 6.07) is 5.72. The van der Waals surface area contributed by atoms with Crippen molar-refractivity contribution in [3.05, 3.63) is 33.8 Å². The molecule has 4 rings (SSSR count). The molecule has 3 aliphatic rings. The van der Waals surface area contributed by atoms with E-state index in [1.54, 1.807) is 6.08 Å². The first-order valence-corrected chi connectivity index (χ1v) is 11.2. The van der Waals surface area contributed by atoms with Crippen molar-refractivity contribution in [3.63, 3.8) is 0 Å². The van der Waals surface area contributed by atoms with Gasteiger partial charge in [-0.05, 0) is 64.3 Å². The van der Waals surface area contributed by atoms with E-state index in [9.17, 15) is 9.59 Å². The zero-order valence-electron chi connectivity index (χ0n) is 16.7. The van der Waals surface area contributed by atoms with E-state index < -0.39 is 5.91 Å². The normalized spacial score (nSPS) is 19.9. The minimum absolute atomic E-state index is 0.0265. The maximum absolute atomic E-state index is 12.6. The molecule has 0 radical (unpaired) electrons. The van der Waals surface area contributed by atoms with Crippen LogP contribution in [0.5, 0.6) is 0 Å². The van der Waals surface area contributed by atoms with Crippen molar-refractivity contribution in [1.82, 2.24) is 9.91 Å². The van der Waals surface area contributed by atoms with E-state index >= 15 is 0 Å². The number of anilines is 1. The fraction of sp³-hybridized carbons (Fsp3) is 0.350. The van der Waals surface area contributed by atoms with Gasteiger partial charge in [-0.2, -0.15) is 15.1 Å². The number of amides is 2. The van der Waals surface area contributed by atoms with Crippen LogP contribution in [-0.4, -0.2) is 65.0 Å². The summed E-state index contributed by atoms with van der Waals surface area (Å²) in [5.41, 5.74) is 1.95. The molecule has 1 N–H and O–H groups in total. The zero-order valence-corrected chi connectivity index (χ0v) is 19.1. The summed E-state index contributed by atoms with van der Waals surface area (Å²) >= 11 is 4.72. The van der Waals surface area contributed by atoms with Gasteiger partial charge in [0.25, 0.3) is 5.91 Å². The van der Waals surface area contributed by atoms with Crippen LogP contribution < -0.4 is 4.90 Å². The van der Waals surface area contributed by atoms with Gasteiger partial charge in [0, 0.05) is 31.7 Å². The first-order valence-electron chi connectivity index (χ1n) is 9.57. The Morgan fingerprint density at radius 2 is 2.07 bits per heavy atom. The molecule has 30 heavy (non-hydrogen) atoms. The molecule has 0 unspecified atom stereocenters. The van der Waals surface area contributed by atoms with Crippen LogP contribution in [0.3, 0.4) is 0 Å². The smallest absolute Gasteiger partial charge is 0.283 e. The van der Waals surface area contributed by atoms with Crippen molar-refractivity contribution in [2.24, 2.45) is 10.1 Å². The third-order valence-corrected chi connectivity index (χ3v) is 6.57. The number of hydrogen-bond acceptors (Lipinski definition) is 6. The van der Waals surface area contributed by atoms with Crippen LogP contribution in [0.2, 0.25) is 0 Å². The van der Waals surface area contributed by atoms with Gasteiger partial charge in [0.1, 0.15) is 5.04 Å². The summed E-state index contributed by atoms with van der Waals surface area (Å²) < 4.78 is 0.887. The van der Waals surface area contributed by atoms with E-state index in [1.165, 1.54) is 16.8 Å². The Morgan fingerprint density at radius 3 is 2.73 bits per heavy atom. The topological polar surface area (TPSA) is 92.4 Å². The van der Waals surface area contributed by atoms with Crippen LogP contribution in [0.4, 0.5) is 5.69 Å². The second kappa shape index (κ2) is 8.35. The van der Waals surface area contributed by atoms with Gasteiger partial charge in [0.15, 0.2) is 5.84 Å². The Morgan fingerprint density at radius 1 is 1.33 bits per heavy atom. The molecular weight excluding hydrogens is 468 g/mol. The van der Waals surface area contributed by atoms with Crippen LogP contribution in [0.25, 0.3) is 6.08 Å². The standard InChI is InChI=1S/C20H21BrN6O2S/c1-25(2)15-6-5-12(10-14(15)21)9-13-18(22)27-20(23-19(13)29)30-16(24-27)11-17(28)26-7-3-4-8-26/h5-6,9-10,22H,3-4,7-8,11H2,1-2H3. The number of halogens is 1. The average Bonchev–Trinajstić information content (AvgIpc) is 3.35. The quantitative estimate of drug-likeness (QED) is 0.657. The molecule has 3 heterocycles. The second-order valence-electron chi connectivity index (χ2n) is 7.38. The van der Waals surface area contributed by atoms with Gasteiger partial charge in [-0.25, -0.2) is 0 Å². The number of fused-ring (bicyclic) bond motifs is 1. The van der Waals surface area contributed by atoms with Gasteiger partial charge in [0.05, 0.1) is 17.7 Å². The van der Waals surface area contributed by atoms with Crippen LogP contribution in [-0.2, 0) is 9.59 Å². The summed E-state index contributed by atoms with van der Waals surface area (Å²) in [4.78, 5) is 32.9. The van der Waals surface area contributed by atoms with Crippen molar-refractivity contribution in [2.75, 3.05) is 32.1 Å². The highest BCUT2D eigenvalue weighted by molar-refractivity contribution is 9.10. The van der Waals surface area contributed by atoms with Gasteiger partial charge in [-0.1, -0.05) is 6.07 Å². The zero-order chi connectivity index (χ0) is 21.4. The summed E-state index contributed by atoms with van der Waals surface area (Å²) in [5, 5.41) is 15.1. The van der Waals surface area contributed by atoms with Crippen molar-refractivity contribution in [3.8, 4) is 0 Å². The molecular formula is C20H21BrN6O2S. The Kier molecular flexibility index (Phi) is 5.79. The highest BCUT2D eigenvalue weighted by Crippen LogP contribution is 2.31. The van der Waals surface area contributed by atoms with Gasteiger partial charge in [0.2, 0.25) is 11.1 Å². The summed E-state index contributed by atoms with van der Waals surface area (Å²) in [6.07, 6.45) is 3.87. The first kappa shape index (κ1) is 20.8. The number of carbonyl (C=O) groups is 2. The molecule has 156 valence electrons. The number of thioether (sulfide) groups is 1. The molecule has 1 aromatic rings. The Balaban J connectivity index is 1.55. The minimum Gasteiger partial charge on any atom is -0.377 e. The molecule has 10 heteroatoms. The molecule has 0 spiro atoms. The summed E-state index contributed by atoms with van der Waals surface area (Å²) in [7, 11) is 3.90. The number of likely N-dealkylation sites (tertiary alicyclic amines) is 1. The third kappa shape index (κ3) is 4.06. The maximum Gasteiger partial charge on any atom is 0.283 e. The van der Waals surface area contributed by atoms with Crippen molar-refractivity contribution < 1.29 is 9.59 Å². The number of carbonyl (C=O) groups excluding carboxylic acids is 2. The van der Waals surface area contributed by atoms with Crippen molar-refractivity contribution in [1.29, 1.82) is 5.41 Å². The third-order valence-electron chi connectivity index (χ3n) is 5.02. The van der Waals surface area contributed by atoms with Crippen LogP contribution in [0.15, 0.2) is 38.3 Å². The monoisotopic (exact) mass is 488 g/mol. The highest BCUT2D eigenvalue weighted by atomic mass is 79.9. The predicted octanol–water partition coefficient (Wildman–Crippen LogP) is 3.15. The molecule has 0 atom stereocenters. The fourth-order valence-electron chi connectivity index (χ4n) is 3.45. The lowest BCUT2D eigenvalue weighted by Crippen LogP contribution is -2.35. The Hall–Kier alpha value is -2.46. The highest BCUT2D eigenvalue weighted by Gasteiger charge is 2.36. The van der Waals surface area contributed by atoms with Crippen LogP contribution in [0.1, 0.15) is 24.8 Å². The fourth-order valence-corrected chi connectivity index (χ4v) is 5.08. The van der Waals surface area contributed by atoms with Gasteiger partial charge in [-0.3, -0.25) is 15.0 Å². The predicted molar refractivity (Wildman–Crippen MR) is 124 cm³/mol. The van der Waals surface area contributed by atoms with E-state index in [-0.39, 0.29) is 23.7 Å². The van der Waals surface area contributed by atoms with E-state index in [0.717, 1.165) is 41.7 Å². The van der Waals surface area contributed by atoms with Gasteiger partial charge < -0.3 is 9.80 Å². The molecule has 0 bridgehead atoms. The first-order chi connectivity index (χ1) is 14.3. The van der Waals surface area contributed by atoms with E-state index in [4.69, 9.17) is 5.41 Å². The molecule has 0 aliphatic carbocycles. The van der Waals surface area contributed by atoms with E-state index in [0.29, 0.717) is 10.2 Å². The number of nitrogens with zero attached hydrogens (tertiary/aromatic N) is 5. The summed E-state index contributed by atoms with van der Waals surface area (Å²) in [6.45, 7) is 1.57. The number of amidine groups is 2. The Labute approximate surface area is 187 Å². The number of hydrazone groups is 1. The van der Waals surface area contributed by atoms with Gasteiger partial charge >= 0.3 is 0 Å². The molecule has 8 nitrogen and oxygen atoms in total.